The van der Waals surface area contributed by atoms with Crippen LogP contribution in [0.2, 0.25) is 0 Å². The molecule has 4 unspecified atom stereocenters. The van der Waals surface area contributed by atoms with E-state index in [9.17, 15) is 27.9 Å². The predicted molar refractivity (Wildman–Crippen MR) is 88.4 cm³/mol. The summed E-state index contributed by atoms with van der Waals surface area (Å²) in [6.45, 7) is 0.300. The highest BCUT2D eigenvalue weighted by Gasteiger charge is 2.46. The van der Waals surface area contributed by atoms with Gasteiger partial charge in [-0.2, -0.15) is 13.2 Å². The Morgan fingerprint density at radius 1 is 1.08 bits per heavy atom. The molecular weight excluding hydrogens is 347 g/mol. The minimum absolute atomic E-state index is 0.0565. The maximum Gasteiger partial charge on any atom is 0.391 e. The van der Waals surface area contributed by atoms with Gasteiger partial charge in [-0.05, 0) is 24.8 Å². The molecule has 1 saturated carbocycles. The minimum Gasteiger partial charge on any atom is -0.481 e. The first-order valence-corrected chi connectivity index (χ1v) is 8.90. The lowest BCUT2D eigenvalue weighted by molar-refractivity contribution is -0.187. The molecular formula is C19H22F3NO3. The number of nitrogens with zero attached hydrogens (tertiary/aromatic N) is 1. The Balaban J connectivity index is 1.73. The van der Waals surface area contributed by atoms with Crippen LogP contribution in [0.1, 0.15) is 37.2 Å². The molecule has 1 amide bonds. The maximum absolute atomic E-state index is 13.0. The van der Waals surface area contributed by atoms with Gasteiger partial charge < -0.3 is 10.0 Å². The topological polar surface area (TPSA) is 57.6 Å². The highest BCUT2D eigenvalue weighted by atomic mass is 19.4. The zero-order chi connectivity index (χ0) is 18.9. The summed E-state index contributed by atoms with van der Waals surface area (Å²) in [5.74, 6) is -4.48. The lowest BCUT2D eigenvalue weighted by atomic mass is 9.80. The summed E-state index contributed by atoms with van der Waals surface area (Å²) in [6, 6.07) is 9.11. The highest BCUT2D eigenvalue weighted by molar-refractivity contribution is 5.81. The van der Waals surface area contributed by atoms with Crippen LogP contribution in [0.3, 0.4) is 0 Å². The third kappa shape index (κ3) is 3.86. The van der Waals surface area contributed by atoms with Crippen molar-refractivity contribution in [3.8, 4) is 0 Å². The number of rotatable bonds is 3. The number of benzene rings is 1. The smallest absolute Gasteiger partial charge is 0.391 e. The lowest BCUT2D eigenvalue weighted by Crippen LogP contribution is -2.39. The number of amides is 1. The third-order valence-electron chi connectivity index (χ3n) is 5.66. The van der Waals surface area contributed by atoms with E-state index in [4.69, 9.17) is 0 Å². The molecule has 4 nitrogen and oxygen atoms in total. The zero-order valence-electron chi connectivity index (χ0n) is 14.3. The Hall–Kier alpha value is -2.05. The summed E-state index contributed by atoms with van der Waals surface area (Å²) in [5, 5.41) is 9.52. The van der Waals surface area contributed by atoms with Crippen molar-refractivity contribution in [2.45, 2.75) is 37.8 Å². The largest absolute Gasteiger partial charge is 0.481 e. The van der Waals surface area contributed by atoms with Crippen molar-refractivity contribution in [2.75, 3.05) is 13.1 Å². The molecule has 2 fully saturated rings. The van der Waals surface area contributed by atoms with E-state index >= 15 is 0 Å². The maximum atomic E-state index is 13.0. The van der Waals surface area contributed by atoms with Gasteiger partial charge in [0.05, 0.1) is 11.8 Å². The van der Waals surface area contributed by atoms with Crippen molar-refractivity contribution >= 4 is 11.9 Å². The number of halogens is 3. The van der Waals surface area contributed by atoms with Gasteiger partial charge in [0.15, 0.2) is 0 Å². The van der Waals surface area contributed by atoms with E-state index in [2.05, 4.69) is 0 Å². The number of carbonyl (C=O) groups is 2. The van der Waals surface area contributed by atoms with E-state index in [1.807, 2.05) is 30.3 Å². The first kappa shape index (κ1) is 18.7. The monoisotopic (exact) mass is 369 g/mol. The standard InChI is InChI=1S/C19H22F3NO3/c20-19(21,22)14-8-4-7-13(9-14)17(24)23-10-15(16(11-23)18(25)26)12-5-2-1-3-6-12/h1-3,5-6,13-16H,4,7-11H2,(H,25,26). The summed E-state index contributed by atoms with van der Waals surface area (Å²) in [6.07, 6.45) is -3.58. The number of likely N-dealkylation sites (tertiary alicyclic amines) is 1. The van der Waals surface area contributed by atoms with Crippen LogP contribution in [0, 0.1) is 17.8 Å². The highest BCUT2D eigenvalue weighted by Crippen LogP contribution is 2.41. The van der Waals surface area contributed by atoms with E-state index in [0.29, 0.717) is 12.8 Å². The number of hydrogen-bond acceptors (Lipinski definition) is 2. The van der Waals surface area contributed by atoms with Crippen LogP contribution in [-0.4, -0.2) is 41.1 Å². The van der Waals surface area contributed by atoms with Gasteiger partial charge in [-0.3, -0.25) is 9.59 Å². The molecule has 0 bridgehead atoms. The Morgan fingerprint density at radius 3 is 2.38 bits per heavy atom. The third-order valence-corrected chi connectivity index (χ3v) is 5.66. The number of alkyl halides is 3. The van der Waals surface area contributed by atoms with Gasteiger partial charge in [-0.25, -0.2) is 0 Å². The van der Waals surface area contributed by atoms with Crippen molar-refractivity contribution in [1.82, 2.24) is 4.90 Å². The molecule has 0 spiro atoms. The zero-order valence-corrected chi connectivity index (χ0v) is 14.3. The van der Waals surface area contributed by atoms with Crippen molar-refractivity contribution in [3.05, 3.63) is 35.9 Å². The molecule has 142 valence electrons. The molecule has 3 rings (SSSR count). The van der Waals surface area contributed by atoms with Crippen molar-refractivity contribution in [1.29, 1.82) is 0 Å². The number of hydrogen-bond donors (Lipinski definition) is 1. The fourth-order valence-corrected chi connectivity index (χ4v) is 4.24. The summed E-state index contributed by atoms with van der Waals surface area (Å²) in [5.41, 5.74) is 0.840. The number of carboxylic acids is 1. The van der Waals surface area contributed by atoms with Gasteiger partial charge in [-0.1, -0.05) is 36.8 Å². The number of aliphatic carboxylic acids is 1. The van der Waals surface area contributed by atoms with Gasteiger partial charge >= 0.3 is 12.1 Å². The average molecular weight is 369 g/mol. The number of carboxylic acid groups (broad SMARTS) is 1. The van der Waals surface area contributed by atoms with Gasteiger partial charge in [0.25, 0.3) is 0 Å². The van der Waals surface area contributed by atoms with E-state index in [1.165, 1.54) is 4.90 Å². The second kappa shape index (κ2) is 7.29. The van der Waals surface area contributed by atoms with Gasteiger partial charge in [0.2, 0.25) is 5.91 Å². The van der Waals surface area contributed by atoms with E-state index in [-0.39, 0.29) is 37.8 Å². The van der Waals surface area contributed by atoms with Crippen LogP contribution in [-0.2, 0) is 9.59 Å². The molecule has 1 saturated heterocycles. The van der Waals surface area contributed by atoms with E-state index < -0.39 is 29.9 Å². The van der Waals surface area contributed by atoms with Crippen molar-refractivity contribution in [2.24, 2.45) is 17.8 Å². The summed E-state index contributed by atoms with van der Waals surface area (Å²) < 4.78 is 39.0. The van der Waals surface area contributed by atoms with Crippen molar-refractivity contribution in [3.63, 3.8) is 0 Å². The van der Waals surface area contributed by atoms with E-state index in [1.54, 1.807) is 0 Å². The lowest BCUT2D eigenvalue weighted by Gasteiger charge is -2.32. The van der Waals surface area contributed by atoms with Gasteiger partial charge in [0, 0.05) is 24.9 Å². The summed E-state index contributed by atoms with van der Waals surface area (Å²) in [4.78, 5) is 25.9. The second-order valence-electron chi connectivity index (χ2n) is 7.31. The molecule has 0 aromatic heterocycles. The SMILES string of the molecule is O=C(O)C1CN(C(=O)C2CCCC(C(F)(F)F)C2)CC1c1ccccc1. The van der Waals surface area contributed by atoms with Crippen LogP contribution in [0.15, 0.2) is 30.3 Å². The fraction of sp³-hybridized carbons (Fsp3) is 0.579. The molecule has 1 aromatic carbocycles. The van der Waals surface area contributed by atoms with Crippen LogP contribution >= 0.6 is 0 Å². The van der Waals surface area contributed by atoms with Crippen LogP contribution in [0.4, 0.5) is 13.2 Å². The van der Waals surface area contributed by atoms with Crippen LogP contribution in [0.5, 0.6) is 0 Å². The second-order valence-corrected chi connectivity index (χ2v) is 7.31. The molecule has 1 N–H and O–H groups in total. The summed E-state index contributed by atoms with van der Waals surface area (Å²) in [7, 11) is 0. The normalized spacial score (nSPS) is 29.6. The Bertz CT molecular complexity index is 662. The molecule has 1 heterocycles. The van der Waals surface area contributed by atoms with Crippen LogP contribution < -0.4 is 0 Å². The molecule has 2 aliphatic rings. The quantitative estimate of drug-likeness (QED) is 0.884. The molecule has 0 radical (unpaired) electrons. The van der Waals surface area contributed by atoms with Gasteiger partial charge in [-0.15, -0.1) is 0 Å². The van der Waals surface area contributed by atoms with Crippen LogP contribution in [0.25, 0.3) is 0 Å². The molecule has 4 atom stereocenters. The first-order chi connectivity index (χ1) is 12.3. The summed E-state index contributed by atoms with van der Waals surface area (Å²) >= 11 is 0. The van der Waals surface area contributed by atoms with E-state index in [0.717, 1.165) is 5.56 Å². The molecule has 1 aliphatic heterocycles. The molecule has 7 heteroatoms. The Morgan fingerprint density at radius 2 is 1.77 bits per heavy atom. The Kier molecular flexibility index (Phi) is 5.25. The minimum atomic E-state index is -4.28. The Labute approximate surface area is 150 Å². The predicted octanol–water partition coefficient (Wildman–Crippen LogP) is 3.68. The average Bonchev–Trinajstić information content (AvgIpc) is 3.07. The number of carbonyl (C=O) groups excluding carboxylic acids is 1. The van der Waals surface area contributed by atoms with Gasteiger partial charge in [0.1, 0.15) is 0 Å². The first-order valence-electron chi connectivity index (χ1n) is 8.90. The molecule has 1 aromatic rings. The van der Waals surface area contributed by atoms with Crippen molar-refractivity contribution < 1.29 is 27.9 Å². The fourth-order valence-electron chi connectivity index (χ4n) is 4.24. The molecule has 1 aliphatic carbocycles. The molecule has 26 heavy (non-hydrogen) atoms.